The lowest BCUT2D eigenvalue weighted by Gasteiger charge is -2.11. The molecule has 2 rings (SSSR count). The van der Waals surface area contributed by atoms with Crippen molar-refractivity contribution in [3.63, 3.8) is 0 Å². The van der Waals surface area contributed by atoms with Gasteiger partial charge in [-0.3, -0.25) is 10.1 Å². The van der Waals surface area contributed by atoms with Gasteiger partial charge in [-0.25, -0.2) is 4.39 Å². The number of rotatable bonds is 5. The van der Waals surface area contributed by atoms with Crippen molar-refractivity contribution in [2.24, 2.45) is 5.73 Å². The van der Waals surface area contributed by atoms with Crippen LogP contribution in [0.25, 0.3) is 0 Å². The summed E-state index contributed by atoms with van der Waals surface area (Å²) in [6.07, 6.45) is 0. The van der Waals surface area contributed by atoms with Gasteiger partial charge in [0.05, 0.1) is 11.0 Å². The van der Waals surface area contributed by atoms with Crippen molar-refractivity contribution in [2.75, 3.05) is 0 Å². The van der Waals surface area contributed by atoms with E-state index in [1.807, 2.05) is 19.1 Å². The van der Waals surface area contributed by atoms with E-state index in [-0.39, 0.29) is 12.3 Å². The van der Waals surface area contributed by atoms with Crippen molar-refractivity contribution in [1.29, 1.82) is 0 Å². The minimum absolute atomic E-state index is 0.0364. The molecule has 0 spiro atoms. The number of nitro benzene ring substituents is 1. The zero-order chi connectivity index (χ0) is 15.4. The van der Waals surface area contributed by atoms with E-state index in [1.165, 1.54) is 12.1 Å². The highest BCUT2D eigenvalue weighted by molar-refractivity contribution is 5.38. The molecule has 2 aromatic carbocycles. The van der Waals surface area contributed by atoms with Crippen LogP contribution in [0.4, 0.5) is 10.1 Å². The Kier molecular flexibility index (Phi) is 4.49. The lowest BCUT2D eigenvalue weighted by molar-refractivity contribution is -0.385. The number of ether oxygens (including phenoxy) is 1. The number of hydrogen-bond donors (Lipinski definition) is 1. The van der Waals surface area contributed by atoms with Gasteiger partial charge < -0.3 is 10.5 Å². The number of non-ortho nitro benzene ring substituents is 1. The molecule has 0 aliphatic carbocycles. The quantitative estimate of drug-likeness (QED) is 0.678. The Hall–Kier alpha value is -2.47. The van der Waals surface area contributed by atoms with E-state index in [0.29, 0.717) is 17.9 Å². The Bertz CT molecular complexity index is 674. The highest BCUT2D eigenvalue weighted by Gasteiger charge is 2.11. The molecular weight excluding hydrogens is 275 g/mol. The lowest BCUT2D eigenvalue weighted by atomic mass is 10.1. The van der Waals surface area contributed by atoms with Gasteiger partial charge in [-0.05, 0) is 24.6 Å². The highest BCUT2D eigenvalue weighted by atomic mass is 19.1. The fourth-order valence-electron chi connectivity index (χ4n) is 1.99. The summed E-state index contributed by atoms with van der Waals surface area (Å²) in [4.78, 5) is 10.1. The Labute approximate surface area is 121 Å². The van der Waals surface area contributed by atoms with E-state index >= 15 is 0 Å². The molecule has 0 aliphatic rings. The largest absolute Gasteiger partial charge is 0.489 e. The maximum absolute atomic E-state index is 13.3. The second kappa shape index (κ2) is 6.32. The second-order valence-corrected chi connectivity index (χ2v) is 4.68. The zero-order valence-corrected chi connectivity index (χ0v) is 11.5. The van der Waals surface area contributed by atoms with Gasteiger partial charge in [0.15, 0.2) is 0 Å². The fraction of sp³-hybridized carbons (Fsp3) is 0.200. The smallest absolute Gasteiger partial charge is 0.272 e. The second-order valence-electron chi connectivity index (χ2n) is 4.68. The molecule has 2 aromatic rings. The van der Waals surface area contributed by atoms with Crippen LogP contribution in [0.15, 0.2) is 36.4 Å². The number of nitro groups is 1. The predicted molar refractivity (Wildman–Crippen MR) is 76.5 cm³/mol. The normalized spacial score (nSPS) is 10.4. The topological polar surface area (TPSA) is 78.4 Å². The Morgan fingerprint density at radius 1 is 1.29 bits per heavy atom. The first kappa shape index (κ1) is 14.9. The fourth-order valence-corrected chi connectivity index (χ4v) is 1.99. The third-order valence-corrected chi connectivity index (χ3v) is 2.98. The zero-order valence-electron chi connectivity index (χ0n) is 11.5. The molecule has 0 saturated heterocycles. The van der Waals surface area contributed by atoms with Crippen LogP contribution in [0, 0.1) is 22.9 Å². The molecular formula is C15H15FN2O3. The number of hydrogen-bond acceptors (Lipinski definition) is 4. The van der Waals surface area contributed by atoms with Crippen LogP contribution in [-0.4, -0.2) is 4.92 Å². The maximum atomic E-state index is 13.3. The van der Waals surface area contributed by atoms with Crippen molar-refractivity contribution in [3.05, 3.63) is 69.0 Å². The Morgan fingerprint density at radius 3 is 2.71 bits per heavy atom. The van der Waals surface area contributed by atoms with E-state index < -0.39 is 10.7 Å². The SMILES string of the molecule is Cc1ccc(OCc2cc(F)cc([N+](=O)[O-])c2)c(CN)c1. The summed E-state index contributed by atoms with van der Waals surface area (Å²) in [5.74, 6) is -0.0687. The maximum Gasteiger partial charge on any atom is 0.272 e. The van der Waals surface area contributed by atoms with E-state index in [9.17, 15) is 14.5 Å². The summed E-state index contributed by atoms with van der Waals surface area (Å²) in [7, 11) is 0. The first-order valence-electron chi connectivity index (χ1n) is 6.36. The van der Waals surface area contributed by atoms with Gasteiger partial charge in [0.25, 0.3) is 5.69 Å². The third kappa shape index (κ3) is 3.76. The molecule has 2 N–H and O–H groups in total. The minimum atomic E-state index is -0.661. The standard InChI is InChI=1S/C15H15FN2O3/c1-10-2-3-15(12(4-10)8-17)21-9-11-5-13(16)7-14(6-11)18(19)20/h2-7H,8-9,17H2,1H3. The van der Waals surface area contributed by atoms with E-state index in [1.54, 1.807) is 6.07 Å². The molecule has 5 nitrogen and oxygen atoms in total. The summed E-state index contributed by atoms with van der Waals surface area (Å²) in [6, 6.07) is 8.94. The summed E-state index contributed by atoms with van der Waals surface area (Å²) < 4.78 is 18.9. The van der Waals surface area contributed by atoms with E-state index in [4.69, 9.17) is 10.5 Å². The average molecular weight is 290 g/mol. The van der Waals surface area contributed by atoms with Gasteiger partial charge >= 0.3 is 0 Å². The summed E-state index contributed by atoms with van der Waals surface area (Å²) in [6.45, 7) is 2.30. The number of nitrogens with two attached hydrogens (primary N) is 1. The van der Waals surface area contributed by atoms with Gasteiger partial charge in [0.2, 0.25) is 0 Å². The number of benzene rings is 2. The average Bonchev–Trinajstić information content (AvgIpc) is 2.45. The molecule has 6 heteroatoms. The van der Waals surface area contributed by atoms with Crippen LogP contribution < -0.4 is 10.5 Å². The van der Waals surface area contributed by atoms with Crippen molar-refractivity contribution < 1.29 is 14.1 Å². The van der Waals surface area contributed by atoms with Gasteiger partial charge in [-0.1, -0.05) is 17.7 Å². The molecule has 0 radical (unpaired) electrons. The first-order valence-corrected chi connectivity index (χ1v) is 6.36. The summed E-state index contributed by atoms with van der Waals surface area (Å²) in [5, 5.41) is 10.7. The van der Waals surface area contributed by atoms with Crippen LogP contribution in [-0.2, 0) is 13.2 Å². The van der Waals surface area contributed by atoms with Gasteiger partial charge in [0, 0.05) is 18.2 Å². The summed E-state index contributed by atoms with van der Waals surface area (Å²) >= 11 is 0. The molecule has 0 atom stereocenters. The number of halogens is 1. The lowest BCUT2D eigenvalue weighted by Crippen LogP contribution is -2.04. The first-order chi connectivity index (χ1) is 9.99. The molecule has 0 amide bonds. The molecule has 0 saturated carbocycles. The Morgan fingerprint density at radius 2 is 2.05 bits per heavy atom. The Balaban J connectivity index is 2.18. The van der Waals surface area contributed by atoms with Crippen molar-refractivity contribution in [3.8, 4) is 5.75 Å². The molecule has 0 heterocycles. The number of aryl methyl sites for hydroxylation is 1. The molecule has 0 fully saturated rings. The van der Waals surface area contributed by atoms with Crippen LogP contribution in [0.5, 0.6) is 5.75 Å². The molecule has 0 unspecified atom stereocenters. The van der Waals surface area contributed by atoms with Crippen molar-refractivity contribution in [2.45, 2.75) is 20.1 Å². The third-order valence-electron chi connectivity index (χ3n) is 2.98. The molecule has 0 aliphatic heterocycles. The summed E-state index contributed by atoms with van der Waals surface area (Å²) in [5.41, 5.74) is 7.64. The predicted octanol–water partition coefficient (Wildman–Crippen LogP) is 3.08. The van der Waals surface area contributed by atoms with Crippen LogP contribution in [0.1, 0.15) is 16.7 Å². The van der Waals surface area contributed by atoms with Crippen LogP contribution in [0.2, 0.25) is 0 Å². The monoisotopic (exact) mass is 290 g/mol. The van der Waals surface area contributed by atoms with Gasteiger partial charge in [-0.15, -0.1) is 0 Å². The highest BCUT2D eigenvalue weighted by Crippen LogP contribution is 2.22. The van der Waals surface area contributed by atoms with Gasteiger partial charge in [0.1, 0.15) is 18.2 Å². The van der Waals surface area contributed by atoms with Crippen molar-refractivity contribution in [1.82, 2.24) is 0 Å². The van der Waals surface area contributed by atoms with Crippen LogP contribution in [0.3, 0.4) is 0 Å². The van der Waals surface area contributed by atoms with E-state index in [0.717, 1.165) is 17.2 Å². The van der Waals surface area contributed by atoms with Crippen LogP contribution >= 0.6 is 0 Å². The molecule has 110 valence electrons. The van der Waals surface area contributed by atoms with Gasteiger partial charge in [-0.2, -0.15) is 0 Å². The van der Waals surface area contributed by atoms with Crippen molar-refractivity contribution >= 4 is 5.69 Å². The molecule has 21 heavy (non-hydrogen) atoms. The van der Waals surface area contributed by atoms with E-state index in [2.05, 4.69) is 0 Å². The minimum Gasteiger partial charge on any atom is -0.489 e. The molecule has 0 bridgehead atoms. The number of nitrogens with zero attached hydrogens (tertiary/aromatic N) is 1. The molecule has 0 aromatic heterocycles.